The van der Waals surface area contributed by atoms with E-state index < -0.39 is 18.3 Å². The lowest BCUT2D eigenvalue weighted by molar-refractivity contribution is -0.153. The summed E-state index contributed by atoms with van der Waals surface area (Å²) in [6, 6.07) is 1.44. The molecule has 0 radical (unpaired) electrons. The molecule has 11 heteroatoms. The molecule has 2 N–H and O–H groups in total. The first-order valence-electron chi connectivity index (χ1n) is 9.92. The van der Waals surface area contributed by atoms with E-state index in [4.69, 9.17) is 10.5 Å². The second-order valence-corrected chi connectivity index (χ2v) is 8.31. The van der Waals surface area contributed by atoms with Crippen molar-refractivity contribution < 1.29 is 17.9 Å². The Hall–Kier alpha value is -2.72. The fourth-order valence-electron chi connectivity index (χ4n) is 3.47. The standard InChI is InChI=1S/C19H24F3N7O/c1-18(8-11-3-4-11,17-26-28-29(2)27-17)25-16(23)14-7-15(30-10-19(20,21)22)13(9-24-14)12-5-6-12/h7,9,11-12H,3-6,8,10H2,1-2H3,(H2,23,25). The van der Waals surface area contributed by atoms with Gasteiger partial charge in [0.2, 0.25) is 5.82 Å². The molecule has 2 aliphatic rings. The lowest BCUT2D eigenvalue weighted by Crippen LogP contribution is -2.28. The molecule has 0 bridgehead atoms. The average Bonchev–Trinajstić information content (AvgIpc) is 3.59. The number of halogens is 3. The molecule has 162 valence electrons. The van der Waals surface area contributed by atoms with Gasteiger partial charge >= 0.3 is 6.18 Å². The highest BCUT2D eigenvalue weighted by Gasteiger charge is 2.38. The van der Waals surface area contributed by atoms with Crippen LogP contribution in [0.5, 0.6) is 5.75 Å². The zero-order valence-corrected chi connectivity index (χ0v) is 16.9. The molecule has 4 rings (SSSR count). The molecule has 0 saturated heterocycles. The molecular weight excluding hydrogens is 399 g/mol. The fraction of sp³-hybridized carbons (Fsp3) is 0.632. The van der Waals surface area contributed by atoms with Gasteiger partial charge in [0.1, 0.15) is 22.8 Å². The van der Waals surface area contributed by atoms with E-state index in [2.05, 4.69) is 25.4 Å². The van der Waals surface area contributed by atoms with Crippen LogP contribution in [0.3, 0.4) is 0 Å². The molecule has 2 aromatic heterocycles. The number of aliphatic imine (C=N–C) groups is 1. The van der Waals surface area contributed by atoms with Crippen molar-refractivity contribution in [1.29, 1.82) is 0 Å². The maximum absolute atomic E-state index is 12.7. The number of nitrogens with zero attached hydrogens (tertiary/aromatic N) is 6. The van der Waals surface area contributed by atoms with Gasteiger partial charge < -0.3 is 10.5 Å². The number of hydrogen-bond acceptors (Lipinski definition) is 6. The Balaban J connectivity index is 1.64. The third-order valence-electron chi connectivity index (χ3n) is 5.31. The maximum atomic E-state index is 12.7. The molecule has 0 spiro atoms. The van der Waals surface area contributed by atoms with Crippen molar-refractivity contribution >= 4 is 5.84 Å². The van der Waals surface area contributed by atoms with Crippen LogP contribution in [0.2, 0.25) is 0 Å². The largest absolute Gasteiger partial charge is 0.484 e. The van der Waals surface area contributed by atoms with Crippen molar-refractivity contribution in [3.05, 3.63) is 29.3 Å². The van der Waals surface area contributed by atoms with Gasteiger partial charge in [-0.2, -0.15) is 18.0 Å². The number of pyridine rings is 1. The van der Waals surface area contributed by atoms with Gasteiger partial charge in [0.25, 0.3) is 0 Å². The SMILES string of the molecule is Cn1nnc(C(C)(CC2CC2)N=C(N)c2cc(OCC(F)(F)F)c(C3CC3)cn2)n1. The minimum atomic E-state index is -4.43. The summed E-state index contributed by atoms with van der Waals surface area (Å²) < 4.78 is 43.1. The zero-order valence-electron chi connectivity index (χ0n) is 16.9. The summed E-state index contributed by atoms with van der Waals surface area (Å²) in [5, 5.41) is 12.3. The molecule has 30 heavy (non-hydrogen) atoms. The van der Waals surface area contributed by atoms with Crippen LogP contribution in [0, 0.1) is 5.92 Å². The van der Waals surface area contributed by atoms with E-state index >= 15 is 0 Å². The van der Waals surface area contributed by atoms with Gasteiger partial charge in [0.05, 0.1) is 7.05 Å². The van der Waals surface area contributed by atoms with Gasteiger partial charge in [-0.05, 0) is 43.2 Å². The van der Waals surface area contributed by atoms with Crippen LogP contribution < -0.4 is 10.5 Å². The molecule has 2 aliphatic carbocycles. The van der Waals surface area contributed by atoms with E-state index in [1.807, 2.05) is 6.92 Å². The van der Waals surface area contributed by atoms with Crippen molar-refractivity contribution in [1.82, 2.24) is 25.2 Å². The minimum absolute atomic E-state index is 0.102. The predicted octanol–water partition coefficient (Wildman–Crippen LogP) is 2.84. The number of nitrogens with two attached hydrogens (primary N) is 1. The van der Waals surface area contributed by atoms with Crippen LogP contribution in [-0.4, -0.2) is 43.8 Å². The van der Waals surface area contributed by atoms with Crippen molar-refractivity contribution in [3.8, 4) is 5.75 Å². The highest BCUT2D eigenvalue weighted by molar-refractivity contribution is 5.96. The number of hydrogen-bond donors (Lipinski definition) is 1. The lowest BCUT2D eigenvalue weighted by Gasteiger charge is -2.22. The van der Waals surface area contributed by atoms with Crippen LogP contribution in [0.1, 0.15) is 62.0 Å². The van der Waals surface area contributed by atoms with Crippen LogP contribution >= 0.6 is 0 Å². The number of amidine groups is 1. The lowest BCUT2D eigenvalue weighted by atomic mass is 9.94. The number of rotatable bonds is 8. The minimum Gasteiger partial charge on any atom is -0.484 e. The van der Waals surface area contributed by atoms with Crippen molar-refractivity contribution in [2.45, 2.75) is 56.7 Å². The molecule has 2 saturated carbocycles. The molecule has 2 aromatic rings. The summed E-state index contributed by atoms with van der Waals surface area (Å²) >= 11 is 0. The van der Waals surface area contributed by atoms with Gasteiger partial charge in [-0.15, -0.1) is 10.2 Å². The van der Waals surface area contributed by atoms with Crippen LogP contribution in [0.15, 0.2) is 17.3 Å². The third-order valence-corrected chi connectivity index (χ3v) is 5.31. The van der Waals surface area contributed by atoms with Crippen LogP contribution in [0.25, 0.3) is 0 Å². The molecular formula is C19H24F3N7O. The average molecular weight is 423 g/mol. The summed E-state index contributed by atoms with van der Waals surface area (Å²) in [6.07, 6.45) is 1.85. The topological polar surface area (TPSA) is 104 Å². The van der Waals surface area contributed by atoms with Crippen molar-refractivity contribution in [3.63, 3.8) is 0 Å². The van der Waals surface area contributed by atoms with E-state index in [-0.39, 0.29) is 23.2 Å². The quantitative estimate of drug-likeness (QED) is 0.517. The Morgan fingerprint density at radius 1 is 1.30 bits per heavy atom. The number of aromatic nitrogens is 5. The normalized spacial score (nSPS) is 19.6. The molecule has 0 aromatic carbocycles. The molecule has 2 heterocycles. The molecule has 0 amide bonds. The van der Waals surface area contributed by atoms with Gasteiger partial charge in [-0.3, -0.25) is 9.98 Å². The van der Waals surface area contributed by atoms with E-state index in [9.17, 15) is 13.2 Å². The first-order chi connectivity index (χ1) is 14.1. The van der Waals surface area contributed by atoms with Crippen LogP contribution in [0.4, 0.5) is 13.2 Å². The summed E-state index contributed by atoms with van der Waals surface area (Å²) in [5.74, 6) is 1.38. The Labute approximate surface area is 171 Å². The van der Waals surface area contributed by atoms with Crippen molar-refractivity contribution in [2.75, 3.05) is 6.61 Å². The summed E-state index contributed by atoms with van der Waals surface area (Å²) in [4.78, 5) is 10.4. The molecule has 1 atom stereocenters. The third kappa shape index (κ3) is 4.88. The number of ether oxygens (including phenoxy) is 1. The second-order valence-electron chi connectivity index (χ2n) is 8.31. The molecule has 0 aliphatic heterocycles. The van der Waals surface area contributed by atoms with Gasteiger partial charge in [0, 0.05) is 17.8 Å². The van der Waals surface area contributed by atoms with E-state index in [0.29, 0.717) is 23.7 Å². The Kier molecular flexibility index (Phi) is 5.15. The maximum Gasteiger partial charge on any atom is 0.422 e. The number of aryl methyl sites for hydroxylation is 1. The van der Waals surface area contributed by atoms with E-state index in [1.54, 1.807) is 13.2 Å². The first kappa shape index (κ1) is 20.5. The van der Waals surface area contributed by atoms with Crippen molar-refractivity contribution in [2.24, 2.45) is 23.7 Å². The summed E-state index contributed by atoms with van der Waals surface area (Å²) in [7, 11) is 1.67. The van der Waals surface area contributed by atoms with Gasteiger partial charge in [-0.1, -0.05) is 12.8 Å². The summed E-state index contributed by atoms with van der Waals surface area (Å²) in [6.45, 7) is 0.519. The molecule has 2 fully saturated rings. The van der Waals surface area contributed by atoms with E-state index in [0.717, 1.165) is 25.7 Å². The van der Waals surface area contributed by atoms with Gasteiger partial charge in [-0.25, -0.2) is 0 Å². The molecule has 8 nitrogen and oxygen atoms in total. The van der Waals surface area contributed by atoms with Crippen LogP contribution in [-0.2, 0) is 12.6 Å². The fourth-order valence-corrected chi connectivity index (χ4v) is 3.47. The smallest absolute Gasteiger partial charge is 0.422 e. The highest BCUT2D eigenvalue weighted by atomic mass is 19.4. The Morgan fingerprint density at radius 2 is 2.03 bits per heavy atom. The first-order valence-corrected chi connectivity index (χ1v) is 9.92. The highest BCUT2D eigenvalue weighted by Crippen LogP contribution is 2.45. The molecule has 1 unspecified atom stereocenters. The second kappa shape index (κ2) is 7.51. The Morgan fingerprint density at radius 3 is 2.60 bits per heavy atom. The Bertz CT molecular complexity index is 950. The monoisotopic (exact) mass is 423 g/mol. The van der Waals surface area contributed by atoms with E-state index in [1.165, 1.54) is 10.9 Å². The number of tetrazole rings is 1. The predicted molar refractivity (Wildman–Crippen MR) is 102 cm³/mol. The zero-order chi connectivity index (χ0) is 21.5. The summed E-state index contributed by atoms with van der Waals surface area (Å²) in [5.41, 5.74) is 6.38. The number of alkyl halides is 3. The van der Waals surface area contributed by atoms with Gasteiger partial charge in [0.15, 0.2) is 6.61 Å².